The number of hydrogen-bond donors (Lipinski definition) is 2. The first kappa shape index (κ1) is 15.2. The SMILES string of the molecule is Cc1nc(C(=O)Nc2cnn(C(C)(C)C(=O)O)c2)c(C)s1. The van der Waals surface area contributed by atoms with Crippen LogP contribution in [0.2, 0.25) is 0 Å². The predicted molar refractivity (Wildman–Crippen MR) is 78.7 cm³/mol. The molecule has 0 saturated carbocycles. The summed E-state index contributed by atoms with van der Waals surface area (Å²) in [5.41, 5.74) is -0.377. The Hall–Kier alpha value is -2.22. The number of aliphatic carboxylic acids is 1. The zero-order valence-electron chi connectivity index (χ0n) is 12.2. The number of hydrogen-bond acceptors (Lipinski definition) is 5. The van der Waals surface area contributed by atoms with Crippen LogP contribution >= 0.6 is 11.3 Å². The molecule has 2 aromatic heterocycles. The number of nitrogens with one attached hydrogen (secondary N) is 1. The molecular weight excluding hydrogens is 292 g/mol. The fourth-order valence-corrected chi connectivity index (χ4v) is 2.54. The molecule has 0 aliphatic heterocycles. The first-order chi connectivity index (χ1) is 9.71. The van der Waals surface area contributed by atoms with Crippen LogP contribution in [-0.4, -0.2) is 31.7 Å². The van der Waals surface area contributed by atoms with Gasteiger partial charge in [-0.15, -0.1) is 11.3 Å². The molecule has 0 aromatic carbocycles. The van der Waals surface area contributed by atoms with Crippen LogP contribution in [0.1, 0.15) is 34.2 Å². The molecule has 1 amide bonds. The Labute approximate surface area is 125 Å². The molecule has 0 saturated heterocycles. The lowest BCUT2D eigenvalue weighted by atomic mass is 10.1. The summed E-state index contributed by atoms with van der Waals surface area (Å²) in [4.78, 5) is 28.3. The van der Waals surface area contributed by atoms with E-state index in [1.165, 1.54) is 42.3 Å². The number of carbonyl (C=O) groups is 2. The summed E-state index contributed by atoms with van der Waals surface area (Å²) in [6.07, 6.45) is 2.90. The lowest BCUT2D eigenvalue weighted by Crippen LogP contribution is -2.35. The second-order valence-electron chi connectivity index (χ2n) is 5.13. The third kappa shape index (κ3) is 2.94. The van der Waals surface area contributed by atoms with E-state index in [4.69, 9.17) is 5.11 Å². The van der Waals surface area contributed by atoms with Gasteiger partial charge in [0.1, 0.15) is 5.69 Å². The van der Waals surface area contributed by atoms with E-state index in [0.717, 1.165) is 9.88 Å². The highest BCUT2D eigenvalue weighted by Crippen LogP contribution is 2.20. The molecule has 0 spiro atoms. The number of aryl methyl sites for hydroxylation is 2. The third-order valence-corrected chi connectivity index (χ3v) is 3.94. The number of carboxylic acids is 1. The minimum absolute atomic E-state index is 0.329. The molecule has 0 aliphatic carbocycles. The van der Waals surface area contributed by atoms with Crippen LogP contribution < -0.4 is 5.32 Å². The van der Waals surface area contributed by atoms with Gasteiger partial charge in [0, 0.05) is 11.1 Å². The van der Waals surface area contributed by atoms with Gasteiger partial charge in [-0.25, -0.2) is 9.78 Å². The summed E-state index contributed by atoms with van der Waals surface area (Å²) >= 11 is 1.45. The molecule has 8 heteroatoms. The third-order valence-electron chi connectivity index (χ3n) is 3.06. The Morgan fingerprint density at radius 2 is 2.05 bits per heavy atom. The summed E-state index contributed by atoms with van der Waals surface area (Å²) in [5.74, 6) is -1.33. The Morgan fingerprint density at radius 1 is 1.38 bits per heavy atom. The fourth-order valence-electron chi connectivity index (χ4n) is 1.72. The highest BCUT2D eigenvalue weighted by Gasteiger charge is 2.30. The zero-order chi connectivity index (χ0) is 15.8. The van der Waals surface area contributed by atoms with Crippen LogP contribution in [0.25, 0.3) is 0 Å². The van der Waals surface area contributed by atoms with Gasteiger partial charge in [-0.3, -0.25) is 9.48 Å². The molecule has 0 bridgehead atoms. The fraction of sp³-hybridized carbons (Fsp3) is 0.385. The summed E-state index contributed by atoms with van der Waals surface area (Å²) in [7, 11) is 0. The lowest BCUT2D eigenvalue weighted by Gasteiger charge is -2.19. The topological polar surface area (TPSA) is 97.1 Å². The van der Waals surface area contributed by atoms with Crippen molar-refractivity contribution in [1.29, 1.82) is 0 Å². The van der Waals surface area contributed by atoms with Crippen molar-refractivity contribution in [3.05, 3.63) is 28.0 Å². The average Bonchev–Trinajstić information content (AvgIpc) is 2.96. The maximum Gasteiger partial charge on any atom is 0.331 e. The van der Waals surface area contributed by atoms with Gasteiger partial charge in [-0.1, -0.05) is 0 Å². The summed E-state index contributed by atoms with van der Waals surface area (Å²) < 4.78 is 1.30. The van der Waals surface area contributed by atoms with E-state index in [1.54, 1.807) is 0 Å². The Bertz CT molecular complexity index is 702. The van der Waals surface area contributed by atoms with Gasteiger partial charge in [0.05, 0.1) is 16.9 Å². The number of nitrogens with zero attached hydrogens (tertiary/aromatic N) is 3. The molecule has 0 fully saturated rings. The van der Waals surface area contributed by atoms with Crippen LogP contribution in [0.4, 0.5) is 5.69 Å². The van der Waals surface area contributed by atoms with E-state index in [0.29, 0.717) is 11.4 Å². The minimum atomic E-state index is -1.18. The standard InChI is InChI=1S/C13H16N4O3S/c1-7-10(15-8(2)21-7)11(18)16-9-5-14-17(6-9)13(3,4)12(19)20/h5-6H,1-4H3,(H,16,18)(H,19,20). The Kier molecular flexibility index (Phi) is 3.82. The number of rotatable bonds is 4. The van der Waals surface area contributed by atoms with E-state index in [2.05, 4.69) is 15.4 Å². The van der Waals surface area contributed by atoms with Crippen LogP contribution in [0.3, 0.4) is 0 Å². The molecule has 0 aliphatic rings. The van der Waals surface area contributed by atoms with Crippen LogP contribution in [0.15, 0.2) is 12.4 Å². The summed E-state index contributed by atoms with van der Waals surface area (Å²) in [6, 6.07) is 0. The van der Waals surface area contributed by atoms with Crippen molar-refractivity contribution in [2.45, 2.75) is 33.2 Å². The second-order valence-corrected chi connectivity index (χ2v) is 6.54. The molecule has 112 valence electrons. The molecule has 21 heavy (non-hydrogen) atoms. The molecular formula is C13H16N4O3S. The molecule has 0 unspecified atom stereocenters. The van der Waals surface area contributed by atoms with E-state index >= 15 is 0 Å². The average molecular weight is 308 g/mol. The van der Waals surface area contributed by atoms with E-state index in [-0.39, 0.29) is 5.91 Å². The van der Waals surface area contributed by atoms with E-state index in [9.17, 15) is 9.59 Å². The van der Waals surface area contributed by atoms with Crippen molar-refractivity contribution >= 4 is 28.9 Å². The predicted octanol–water partition coefficient (Wildman–Crippen LogP) is 2.03. The van der Waals surface area contributed by atoms with Gasteiger partial charge in [0.25, 0.3) is 5.91 Å². The Balaban J connectivity index is 2.18. The number of anilines is 1. The van der Waals surface area contributed by atoms with Gasteiger partial charge < -0.3 is 10.4 Å². The summed E-state index contributed by atoms with van der Waals surface area (Å²) in [6.45, 7) is 6.72. The molecule has 2 rings (SSSR count). The van der Waals surface area contributed by atoms with Crippen LogP contribution in [-0.2, 0) is 10.3 Å². The van der Waals surface area contributed by atoms with Crippen molar-refractivity contribution in [3.63, 3.8) is 0 Å². The van der Waals surface area contributed by atoms with E-state index in [1.807, 2.05) is 13.8 Å². The molecule has 2 N–H and O–H groups in total. The second kappa shape index (κ2) is 5.28. The van der Waals surface area contributed by atoms with Crippen LogP contribution in [0, 0.1) is 13.8 Å². The molecule has 0 atom stereocenters. The molecule has 7 nitrogen and oxygen atoms in total. The first-order valence-electron chi connectivity index (χ1n) is 6.25. The summed E-state index contributed by atoms with van der Waals surface area (Å²) in [5, 5.41) is 16.6. The highest BCUT2D eigenvalue weighted by molar-refractivity contribution is 7.11. The molecule has 0 radical (unpaired) electrons. The van der Waals surface area contributed by atoms with Gasteiger partial charge in [-0.2, -0.15) is 5.10 Å². The van der Waals surface area contributed by atoms with Crippen molar-refractivity contribution in [2.75, 3.05) is 5.32 Å². The maximum atomic E-state index is 12.1. The quantitative estimate of drug-likeness (QED) is 0.900. The smallest absolute Gasteiger partial charge is 0.331 e. The molecule has 2 heterocycles. The molecule has 2 aromatic rings. The van der Waals surface area contributed by atoms with Gasteiger partial charge in [0.15, 0.2) is 5.54 Å². The van der Waals surface area contributed by atoms with E-state index < -0.39 is 11.5 Å². The van der Waals surface area contributed by atoms with Crippen molar-refractivity contribution in [2.24, 2.45) is 0 Å². The normalized spacial score (nSPS) is 11.4. The Morgan fingerprint density at radius 3 is 2.57 bits per heavy atom. The van der Waals surface area contributed by atoms with Crippen molar-refractivity contribution in [3.8, 4) is 0 Å². The number of thiazole rings is 1. The monoisotopic (exact) mass is 308 g/mol. The maximum absolute atomic E-state index is 12.1. The number of aromatic nitrogens is 3. The minimum Gasteiger partial charge on any atom is -0.479 e. The largest absolute Gasteiger partial charge is 0.479 e. The lowest BCUT2D eigenvalue weighted by molar-refractivity contribution is -0.146. The highest BCUT2D eigenvalue weighted by atomic mass is 32.1. The van der Waals surface area contributed by atoms with Gasteiger partial charge in [-0.05, 0) is 27.7 Å². The van der Waals surface area contributed by atoms with Gasteiger partial charge >= 0.3 is 5.97 Å². The number of amides is 1. The van der Waals surface area contributed by atoms with Crippen molar-refractivity contribution < 1.29 is 14.7 Å². The van der Waals surface area contributed by atoms with Crippen molar-refractivity contribution in [1.82, 2.24) is 14.8 Å². The number of carboxylic acid groups (broad SMARTS) is 1. The zero-order valence-corrected chi connectivity index (χ0v) is 13.0. The first-order valence-corrected chi connectivity index (χ1v) is 7.07. The number of carbonyl (C=O) groups excluding carboxylic acids is 1. The van der Waals surface area contributed by atoms with Crippen LogP contribution in [0.5, 0.6) is 0 Å². The van der Waals surface area contributed by atoms with Gasteiger partial charge in [0.2, 0.25) is 0 Å².